The van der Waals surface area contributed by atoms with Gasteiger partial charge >= 0.3 is 0 Å². The molecule has 6 heteroatoms. The number of carbonyl (C=O) groups is 1. The Bertz CT molecular complexity index is 656. The normalized spacial score (nSPS) is 21.5. The quantitative estimate of drug-likeness (QED) is 0.850. The number of likely N-dealkylation sites (tertiary alicyclic amines) is 1. The SMILES string of the molecule is Cn1ccc(C(=O)N[C@@H]2CN(Cc3ccccc3)C[C@H]2CO)n1. The summed E-state index contributed by atoms with van der Waals surface area (Å²) in [7, 11) is 1.78. The Morgan fingerprint density at radius 2 is 2.09 bits per heavy atom. The second kappa shape index (κ2) is 6.93. The second-order valence-corrected chi connectivity index (χ2v) is 6.08. The van der Waals surface area contributed by atoms with Gasteiger partial charge in [0, 0.05) is 51.4 Å². The number of amides is 1. The van der Waals surface area contributed by atoms with E-state index in [2.05, 4.69) is 27.4 Å². The zero-order valence-electron chi connectivity index (χ0n) is 13.2. The van der Waals surface area contributed by atoms with E-state index < -0.39 is 0 Å². The van der Waals surface area contributed by atoms with Crippen molar-refractivity contribution in [3.05, 3.63) is 53.9 Å². The topological polar surface area (TPSA) is 70.4 Å². The maximum absolute atomic E-state index is 12.3. The number of carbonyl (C=O) groups excluding carboxylic acids is 1. The van der Waals surface area contributed by atoms with Crippen molar-refractivity contribution < 1.29 is 9.90 Å². The van der Waals surface area contributed by atoms with Gasteiger partial charge in [0.1, 0.15) is 5.69 Å². The van der Waals surface area contributed by atoms with Crippen LogP contribution in [0.15, 0.2) is 42.6 Å². The molecule has 0 unspecified atom stereocenters. The first-order valence-electron chi connectivity index (χ1n) is 7.83. The number of aromatic nitrogens is 2. The number of rotatable bonds is 5. The summed E-state index contributed by atoms with van der Waals surface area (Å²) in [6, 6.07) is 11.9. The van der Waals surface area contributed by atoms with Crippen molar-refractivity contribution in [2.24, 2.45) is 13.0 Å². The molecule has 6 nitrogen and oxygen atoms in total. The van der Waals surface area contributed by atoms with Crippen LogP contribution in [0.4, 0.5) is 0 Å². The summed E-state index contributed by atoms with van der Waals surface area (Å²) in [4.78, 5) is 14.5. The van der Waals surface area contributed by atoms with Crippen molar-refractivity contribution in [1.29, 1.82) is 0 Å². The first-order valence-corrected chi connectivity index (χ1v) is 7.83. The fraction of sp³-hybridized carbons (Fsp3) is 0.412. The predicted molar refractivity (Wildman–Crippen MR) is 86.8 cm³/mol. The van der Waals surface area contributed by atoms with E-state index in [0.717, 1.165) is 19.6 Å². The first kappa shape index (κ1) is 15.7. The summed E-state index contributed by atoms with van der Waals surface area (Å²) in [5.74, 6) is -0.137. The Morgan fingerprint density at radius 1 is 1.30 bits per heavy atom. The summed E-state index contributed by atoms with van der Waals surface area (Å²) < 4.78 is 1.61. The highest BCUT2D eigenvalue weighted by molar-refractivity contribution is 5.92. The van der Waals surface area contributed by atoms with Gasteiger partial charge in [-0.15, -0.1) is 0 Å². The van der Waals surface area contributed by atoms with Crippen LogP contribution >= 0.6 is 0 Å². The van der Waals surface area contributed by atoms with Gasteiger partial charge in [-0.1, -0.05) is 30.3 Å². The molecule has 2 atom stereocenters. The third-order valence-electron chi connectivity index (χ3n) is 4.26. The molecule has 2 heterocycles. The molecule has 23 heavy (non-hydrogen) atoms. The third-order valence-corrected chi connectivity index (χ3v) is 4.26. The number of hydrogen-bond donors (Lipinski definition) is 2. The highest BCUT2D eigenvalue weighted by Gasteiger charge is 2.33. The van der Waals surface area contributed by atoms with Gasteiger partial charge in [0.2, 0.25) is 0 Å². The molecule has 3 rings (SSSR count). The molecule has 0 spiro atoms. The predicted octanol–water partition coefficient (Wildman–Crippen LogP) is 0.643. The smallest absolute Gasteiger partial charge is 0.272 e. The summed E-state index contributed by atoms with van der Waals surface area (Å²) in [6.07, 6.45) is 1.74. The molecule has 0 radical (unpaired) electrons. The Hall–Kier alpha value is -2.18. The number of aryl methyl sites for hydroxylation is 1. The molecular formula is C17H22N4O2. The number of hydrogen-bond acceptors (Lipinski definition) is 4. The number of nitrogens with one attached hydrogen (secondary N) is 1. The highest BCUT2D eigenvalue weighted by Crippen LogP contribution is 2.19. The highest BCUT2D eigenvalue weighted by atomic mass is 16.3. The maximum atomic E-state index is 12.3. The van der Waals surface area contributed by atoms with Crippen LogP contribution in [-0.4, -0.2) is 51.4 Å². The van der Waals surface area contributed by atoms with Crippen LogP contribution in [0.3, 0.4) is 0 Å². The minimum absolute atomic E-state index is 0.0476. The molecule has 122 valence electrons. The van der Waals surface area contributed by atoms with Crippen LogP contribution in [0.5, 0.6) is 0 Å². The Balaban J connectivity index is 1.61. The summed E-state index contributed by atoms with van der Waals surface area (Å²) in [5.41, 5.74) is 1.64. The molecule has 1 fully saturated rings. The Kier molecular flexibility index (Phi) is 4.73. The van der Waals surface area contributed by atoms with Crippen LogP contribution in [0.25, 0.3) is 0 Å². The van der Waals surface area contributed by atoms with Crippen LogP contribution in [0.1, 0.15) is 16.1 Å². The van der Waals surface area contributed by atoms with Crippen LogP contribution < -0.4 is 5.32 Å². The molecule has 2 N–H and O–H groups in total. The van der Waals surface area contributed by atoms with Gasteiger partial charge in [-0.2, -0.15) is 5.10 Å². The summed E-state index contributed by atoms with van der Waals surface area (Å²) in [5, 5.41) is 16.7. The van der Waals surface area contributed by atoms with E-state index in [4.69, 9.17) is 0 Å². The lowest BCUT2D eigenvalue weighted by Crippen LogP contribution is -2.41. The standard InChI is InChI=1S/C17H22N4O2/c1-20-8-7-15(19-20)17(23)18-16-11-21(10-14(16)12-22)9-13-5-3-2-4-6-13/h2-8,14,16,22H,9-12H2,1H3,(H,18,23)/t14-,16+/m0/s1. The minimum atomic E-state index is -0.185. The Labute approximate surface area is 135 Å². The lowest BCUT2D eigenvalue weighted by molar-refractivity contribution is 0.0915. The lowest BCUT2D eigenvalue weighted by atomic mass is 10.1. The monoisotopic (exact) mass is 314 g/mol. The van der Waals surface area contributed by atoms with Crippen LogP contribution in [0.2, 0.25) is 0 Å². The van der Waals surface area contributed by atoms with Crippen molar-refractivity contribution in [1.82, 2.24) is 20.0 Å². The van der Waals surface area contributed by atoms with Crippen molar-refractivity contribution >= 4 is 5.91 Å². The molecule has 0 saturated carbocycles. The van der Waals surface area contributed by atoms with Crippen molar-refractivity contribution in [3.8, 4) is 0 Å². The number of aliphatic hydroxyl groups is 1. The average Bonchev–Trinajstić information content (AvgIpc) is 3.14. The second-order valence-electron chi connectivity index (χ2n) is 6.08. The summed E-state index contributed by atoms with van der Waals surface area (Å²) in [6.45, 7) is 2.41. The van der Waals surface area contributed by atoms with Gasteiger partial charge in [0.15, 0.2) is 0 Å². The number of aliphatic hydroxyl groups excluding tert-OH is 1. The van der Waals surface area contributed by atoms with E-state index in [0.29, 0.717) is 5.69 Å². The van der Waals surface area contributed by atoms with E-state index in [1.807, 2.05) is 18.2 Å². The van der Waals surface area contributed by atoms with E-state index >= 15 is 0 Å². The van der Waals surface area contributed by atoms with Gasteiger partial charge in [-0.25, -0.2) is 0 Å². The van der Waals surface area contributed by atoms with Crippen molar-refractivity contribution in [2.45, 2.75) is 12.6 Å². The minimum Gasteiger partial charge on any atom is -0.396 e. The van der Waals surface area contributed by atoms with Gasteiger partial charge in [0.25, 0.3) is 5.91 Å². The van der Waals surface area contributed by atoms with E-state index in [1.54, 1.807) is 24.0 Å². The molecule has 0 bridgehead atoms. The fourth-order valence-electron chi connectivity index (χ4n) is 3.06. The summed E-state index contributed by atoms with van der Waals surface area (Å²) >= 11 is 0. The number of nitrogens with zero attached hydrogens (tertiary/aromatic N) is 3. The van der Waals surface area contributed by atoms with Gasteiger partial charge in [-0.05, 0) is 11.6 Å². The van der Waals surface area contributed by atoms with Crippen LogP contribution in [-0.2, 0) is 13.6 Å². The Morgan fingerprint density at radius 3 is 2.74 bits per heavy atom. The molecule has 1 amide bonds. The first-order chi connectivity index (χ1) is 11.2. The van der Waals surface area contributed by atoms with Crippen molar-refractivity contribution in [3.63, 3.8) is 0 Å². The molecule has 1 aromatic heterocycles. The largest absolute Gasteiger partial charge is 0.396 e. The number of benzene rings is 1. The average molecular weight is 314 g/mol. The van der Waals surface area contributed by atoms with Crippen molar-refractivity contribution in [2.75, 3.05) is 19.7 Å². The zero-order chi connectivity index (χ0) is 16.2. The van der Waals surface area contributed by atoms with E-state index in [9.17, 15) is 9.90 Å². The van der Waals surface area contributed by atoms with Gasteiger partial charge in [0.05, 0.1) is 0 Å². The van der Waals surface area contributed by atoms with Gasteiger partial charge in [-0.3, -0.25) is 14.4 Å². The maximum Gasteiger partial charge on any atom is 0.272 e. The van der Waals surface area contributed by atoms with Gasteiger partial charge < -0.3 is 10.4 Å². The fourth-order valence-corrected chi connectivity index (χ4v) is 3.06. The molecular weight excluding hydrogens is 292 g/mol. The molecule has 1 aliphatic rings. The molecule has 1 saturated heterocycles. The molecule has 2 aromatic rings. The zero-order valence-corrected chi connectivity index (χ0v) is 13.2. The molecule has 1 aliphatic heterocycles. The van der Waals surface area contributed by atoms with E-state index in [1.165, 1.54) is 5.56 Å². The van der Waals surface area contributed by atoms with Crippen LogP contribution in [0, 0.1) is 5.92 Å². The lowest BCUT2D eigenvalue weighted by Gasteiger charge is -2.17. The molecule has 0 aliphatic carbocycles. The van der Waals surface area contributed by atoms with E-state index in [-0.39, 0.29) is 24.5 Å². The molecule has 1 aromatic carbocycles. The third kappa shape index (κ3) is 3.78.